The molecule has 19 heavy (non-hydrogen) atoms. The molecule has 0 bridgehead atoms. The maximum Gasteiger partial charge on any atom is 0.0556 e. The first-order chi connectivity index (χ1) is 9.08. The zero-order chi connectivity index (χ0) is 13.8. The molecule has 1 fully saturated rings. The molecule has 0 radical (unpaired) electrons. The predicted molar refractivity (Wildman–Crippen MR) is 81.5 cm³/mol. The summed E-state index contributed by atoms with van der Waals surface area (Å²) < 4.78 is 0. The minimum Gasteiger partial charge on any atom is -0.364 e. The number of nitrogens with one attached hydrogen (secondary N) is 1. The Morgan fingerprint density at radius 1 is 1.37 bits per heavy atom. The first kappa shape index (κ1) is 14.3. The third kappa shape index (κ3) is 3.69. The molecular weight excluding hydrogens is 234 g/mol. The van der Waals surface area contributed by atoms with Gasteiger partial charge in [0, 0.05) is 31.4 Å². The Bertz CT molecular complexity index is 375. The van der Waals surface area contributed by atoms with E-state index < -0.39 is 0 Å². The fourth-order valence-electron chi connectivity index (χ4n) is 2.98. The second kappa shape index (κ2) is 6.38. The zero-order valence-electron chi connectivity index (χ0n) is 12.6. The van der Waals surface area contributed by atoms with Crippen molar-refractivity contribution in [2.24, 2.45) is 11.8 Å². The predicted octanol–water partition coefficient (Wildman–Crippen LogP) is 2.93. The van der Waals surface area contributed by atoms with Crippen LogP contribution >= 0.6 is 0 Å². The largest absolute Gasteiger partial charge is 0.364 e. The molecule has 0 spiro atoms. The van der Waals surface area contributed by atoms with E-state index in [2.05, 4.69) is 49.0 Å². The average molecular weight is 261 g/mol. The standard InChI is InChI=1S/C16H27N3/c1-12(2)8-14-11-19(15-6-5-7-17-9-15)16(10-18-14)13(3)4/h5-7,9,12-14,16,18H,8,10-11H2,1-4H3. The van der Waals surface area contributed by atoms with Crippen molar-refractivity contribution in [2.75, 3.05) is 18.0 Å². The molecule has 1 aromatic heterocycles. The van der Waals surface area contributed by atoms with E-state index in [1.165, 1.54) is 12.1 Å². The van der Waals surface area contributed by atoms with Gasteiger partial charge < -0.3 is 10.2 Å². The Hall–Kier alpha value is -1.09. The molecule has 2 rings (SSSR count). The third-order valence-electron chi connectivity index (χ3n) is 3.94. The Balaban J connectivity index is 2.13. The molecule has 3 nitrogen and oxygen atoms in total. The average Bonchev–Trinajstić information content (AvgIpc) is 2.38. The van der Waals surface area contributed by atoms with Gasteiger partial charge in [0.05, 0.1) is 11.9 Å². The van der Waals surface area contributed by atoms with Gasteiger partial charge in [-0.2, -0.15) is 0 Å². The van der Waals surface area contributed by atoms with Crippen LogP contribution in [-0.4, -0.2) is 30.2 Å². The second-order valence-electron chi connectivity index (χ2n) is 6.41. The van der Waals surface area contributed by atoms with Crippen molar-refractivity contribution in [1.82, 2.24) is 10.3 Å². The van der Waals surface area contributed by atoms with E-state index in [9.17, 15) is 0 Å². The Labute approximate surface area is 117 Å². The van der Waals surface area contributed by atoms with Gasteiger partial charge in [-0.15, -0.1) is 0 Å². The Kier molecular flexibility index (Phi) is 4.81. The van der Waals surface area contributed by atoms with Crippen LogP contribution in [-0.2, 0) is 0 Å². The van der Waals surface area contributed by atoms with E-state index in [1.54, 1.807) is 0 Å². The first-order valence-electron chi connectivity index (χ1n) is 7.48. The lowest BCUT2D eigenvalue weighted by Gasteiger charge is -2.44. The van der Waals surface area contributed by atoms with Gasteiger partial charge in [-0.3, -0.25) is 4.98 Å². The van der Waals surface area contributed by atoms with Crippen LogP contribution in [0.3, 0.4) is 0 Å². The molecule has 1 aliphatic rings. The smallest absolute Gasteiger partial charge is 0.0556 e. The normalized spacial score (nSPS) is 24.2. The molecule has 0 amide bonds. The SMILES string of the molecule is CC(C)CC1CN(c2cccnc2)C(C(C)C)CN1. The van der Waals surface area contributed by atoms with E-state index in [1.807, 2.05) is 18.5 Å². The maximum atomic E-state index is 4.28. The van der Waals surface area contributed by atoms with Crippen LogP contribution in [0.2, 0.25) is 0 Å². The van der Waals surface area contributed by atoms with Gasteiger partial charge >= 0.3 is 0 Å². The minimum absolute atomic E-state index is 0.563. The summed E-state index contributed by atoms with van der Waals surface area (Å²) in [5, 5.41) is 3.72. The first-order valence-corrected chi connectivity index (χ1v) is 7.48. The van der Waals surface area contributed by atoms with Gasteiger partial charge in [-0.25, -0.2) is 0 Å². The summed E-state index contributed by atoms with van der Waals surface area (Å²) in [4.78, 5) is 6.82. The van der Waals surface area contributed by atoms with Crippen LogP contribution in [0, 0.1) is 11.8 Å². The van der Waals surface area contributed by atoms with Gasteiger partial charge in [-0.1, -0.05) is 27.7 Å². The van der Waals surface area contributed by atoms with Crippen molar-refractivity contribution in [3.8, 4) is 0 Å². The van der Waals surface area contributed by atoms with Crippen molar-refractivity contribution in [2.45, 2.75) is 46.2 Å². The lowest BCUT2D eigenvalue weighted by Crippen LogP contribution is -2.58. The van der Waals surface area contributed by atoms with Crippen LogP contribution < -0.4 is 10.2 Å². The molecule has 1 saturated heterocycles. The molecular formula is C16H27N3. The number of hydrogen-bond acceptors (Lipinski definition) is 3. The quantitative estimate of drug-likeness (QED) is 0.903. The van der Waals surface area contributed by atoms with Gasteiger partial charge in [0.1, 0.15) is 0 Å². The maximum absolute atomic E-state index is 4.28. The Morgan fingerprint density at radius 3 is 2.74 bits per heavy atom. The molecule has 2 heterocycles. The number of piperazine rings is 1. The highest BCUT2D eigenvalue weighted by molar-refractivity contribution is 5.46. The van der Waals surface area contributed by atoms with Crippen LogP contribution in [0.1, 0.15) is 34.1 Å². The monoisotopic (exact) mass is 261 g/mol. The highest BCUT2D eigenvalue weighted by atomic mass is 15.2. The van der Waals surface area contributed by atoms with Gasteiger partial charge in [0.25, 0.3) is 0 Å². The molecule has 2 atom stereocenters. The second-order valence-corrected chi connectivity index (χ2v) is 6.41. The summed E-state index contributed by atoms with van der Waals surface area (Å²) in [5.74, 6) is 1.39. The highest BCUT2D eigenvalue weighted by Crippen LogP contribution is 2.24. The number of anilines is 1. The topological polar surface area (TPSA) is 28.2 Å². The lowest BCUT2D eigenvalue weighted by atomic mass is 9.94. The molecule has 3 heteroatoms. The molecule has 1 aromatic rings. The van der Waals surface area contributed by atoms with Gasteiger partial charge in [0.15, 0.2) is 0 Å². The highest BCUT2D eigenvalue weighted by Gasteiger charge is 2.30. The van der Waals surface area contributed by atoms with Crippen molar-refractivity contribution >= 4 is 5.69 Å². The molecule has 2 unspecified atom stereocenters. The van der Waals surface area contributed by atoms with E-state index in [0.29, 0.717) is 18.0 Å². The zero-order valence-corrected chi connectivity index (χ0v) is 12.6. The van der Waals surface area contributed by atoms with Crippen molar-refractivity contribution in [1.29, 1.82) is 0 Å². The van der Waals surface area contributed by atoms with E-state index in [4.69, 9.17) is 0 Å². The van der Waals surface area contributed by atoms with Crippen LogP contribution in [0.15, 0.2) is 24.5 Å². The van der Waals surface area contributed by atoms with E-state index >= 15 is 0 Å². The van der Waals surface area contributed by atoms with Crippen molar-refractivity contribution in [3.05, 3.63) is 24.5 Å². The van der Waals surface area contributed by atoms with Crippen LogP contribution in [0.25, 0.3) is 0 Å². The Morgan fingerprint density at radius 2 is 2.16 bits per heavy atom. The molecule has 0 aliphatic carbocycles. The number of rotatable bonds is 4. The molecule has 0 saturated carbocycles. The van der Waals surface area contributed by atoms with Crippen molar-refractivity contribution in [3.63, 3.8) is 0 Å². The third-order valence-corrected chi connectivity index (χ3v) is 3.94. The minimum atomic E-state index is 0.563. The summed E-state index contributed by atoms with van der Waals surface area (Å²) in [6.07, 6.45) is 5.08. The summed E-state index contributed by atoms with van der Waals surface area (Å²) in [5.41, 5.74) is 1.26. The summed E-state index contributed by atoms with van der Waals surface area (Å²) in [7, 11) is 0. The lowest BCUT2D eigenvalue weighted by molar-refractivity contribution is 0.310. The van der Waals surface area contributed by atoms with Crippen LogP contribution in [0.4, 0.5) is 5.69 Å². The fraction of sp³-hybridized carbons (Fsp3) is 0.688. The summed E-state index contributed by atoms with van der Waals surface area (Å²) in [6, 6.07) is 5.37. The van der Waals surface area contributed by atoms with Crippen LogP contribution in [0.5, 0.6) is 0 Å². The molecule has 0 aromatic carbocycles. The van der Waals surface area contributed by atoms with E-state index in [-0.39, 0.29) is 0 Å². The fourth-order valence-corrected chi connectivity index (χ4v) is 2.98. The van der Waals surface area contributed by atoms with Crippen molar-refractivity contribution < 1.29 is 0 Å². The number of aromatic nitrogens is 1. The van der Waals surface area contributed by atoms with Gasteiger partial charge in [-0.05, 0) is 30.4 Å². The van der Waals surface area contributed by atoms with Gasteiger partial charge in [0.2, 0.25) is 0 Å². The molecule has 1 aliphatic heterocycles. The summed E-state index contributed by atoms with van der Waals surface area (Å²) in [6.45, 7) is 11.4. The molecule has 1 N–H and O–H groups in total. The summed E-state index contributed by atoms with van der Waals surface area (Å²) >= 11 is 0. The number of nitrogens with zero attached hydrogens (tertiary/aromatic N) is 2. The number of hydrogen-bond donors (Lipinski definition) is 1. The molecule has 106 valence electrons. The van der Waals surface area contributed by atoms with E-state index in [0.717, 1.165) is 19.0 Å². The number of pyridine rings is 1.